The fourth-order valence-corrected chi connectivity index (χ4v) is 3.22. The van der Waals surface area contributed by atoms with Crippen LogP contribution >= 0.6 is 0 Å². The molecule has 1 fully saturated rings. The van der Waals surface area contributed by atoms with E-state index in [0.29, 0.717) is 17.9 Å². The van der Waals surface area contributed by atoms with Gasteiger partial charge < -0.3 is 4.74 Å². The molecule has 3 nitrogen and oxygen atoms in total. The van der Waals surface area contributed by atoms with Crippen LogP contribution in [0.2, 0.25) is 0 Å². The molecule has 1 unspecified atom stereocenters. The van der Waals surface area contributed by atoms with Gasteiger partial charge in [0.1, 0.15) is 5.75 Å². The molecule has 112 valence electrons. The maximum atomic E-state index is 5.84. The smallest absolute Gasteiger partial charge is 0.119 e. The summed E-state index contributed by atoms with van der Waals surface area (Å²) in [6, 6.07) is 8.55. The predicted octanol–water partition coefficient (Wildman–Crippen LogP) is 3.81. The number of hydrazine groups is 1. The van der Waals surface area contributed by atoms with Crippen molar-refractivity contribution in [1.29, 1.82) is 0 Å². The number of benzene rings is 1. The Morgan fingerprint density at radius 3 is 2.65 bits per heavy atom. The first-order valence-electron chi connectivity index (χ1n) is 7.74. The summed E-state index contributed by atoms with van der Waals surface area (Å²) < 4.78 is 5.59. The summed E-state index contributed by atoms with van der Waals surface area (Å²) >= 11 is 0. The van der Waals surface area contributed by atoms with Gasteiger partial charge in [0, 0.05) is 6.04 Å². The van der Waals surface area contributed by atoms with E-state index in [9.17, 15) is 0 Å². The van der Waals surface area contributed by atoms with Crippen LogP contribution in [0.15, 0.2) is 24.3 Å². The van der Waals surface area contributed by atoms with E-state index < -0.39 is 0 Å². The Labute approximate surface area is 122 Å². The predicted molar refractivity (Wildman–Crippen MR) is 83.4 cm³/mol. The SMILES string of the molecule is CCOc1cccc(C(NN)C2CCC(C)(C)CC2)c1. The largest absolute Gasteiger partial charge is 0.494 e. The summed E-state index contributed by atoms with van der Waals surface area (Å²) in [6.07, 6.45) is 5.03. The molecule has 0 radical (unpaired) electrons. The molecule has 1 saturated carbocycles. The third-order valence-corrected chi connectivity index (χ3v) is 4.56. The molecule has 2 rings (SSSR count). The van der Waals surface area contributed by atoms with Crippen LogP contribution in [0.3, 0.4) is 0 Å². The van der Waals surface area contributed by atoms with Gasteiger partial charge in [-0.2, -0.15) is 0 Å². The summed E-state index contributed by atoms with van der Waals surface area (Å²) in [4.78, 5) is 0. The molecule has 1 aliphatic rings. The van der Waals surface area contributed by atoms with Gasteiger partial charge in [-0.1, -0.05) is 26.0 Å². The van der Waals surface area contributed by atoms with Gasteiger partial charge in [0.2, 0.25) is 0 Å². The Balaban J connectivity index is 2.10. The molecule has 0 aliphatic heterocycles. The van der Waals surface area contributed by atoms with Crippen LogP contribution in [-0.2, 0) is 0 Å². The maximum Gasteiger partial charge on any atom is 0.119 e. The molecular weight excluding hydrogens is 248 g/mol. The molecule has 0 saturated heterocycles. The van der Waals surface area contributed by atoms with Crippen LogP contribution in [0.5, 0.6) is 5.75 Å². The Bertz CT molecular complexity index is 421. The minimum atomic E-state index is 0.228. The van der Waals surface area contributed by atoms with Gasteiger partial charge in [-0.3, -0.25) is 11.3 Å². The molecule has 1 aromatic rings. The van der Waals surface area contributed by atoms with Crippen molar-refractivity contribution in [2.45, 2.75) is 52.5 Å². The highest BCUT2D eigenvalue weighted by molar-refractivity contribution is 5.31. The van der Waals surface area contributed by atoms with Gasteiger partial charge in [0.25, 0.3) is 0 Å². The van der Waals surface area contributed by atoms with Gasteiger partial charge in [0.05, 0.1) is 6.61 Å². The monoisotopic (exact) mass is 276 g/mol. The van der Waals surface area contributed by atoms with E-state index in [4.69, 9.17) is 10.6 Å². The molecule has 1 aliphatic carbocycles. The topological polar surface area (TPSA) is 47.3 Å². The molecule has 3 N–H and O–H groups in total. The van der Waals surface area contributed by atoms with Gasteiger partial charge in [0.15, 0.2) is 0 Å². The van der Waals surface area contributed by atoms with Crippen molar-refractivity contribution in [3.05, 3.63) is 29.8 Å². The number of hydrogen-bond acceptors (Lipinski definition) is 3. The highest BCUT2D eigenvalue weighted by atomic mass is 16.5. The highest BCUT2D eigenvalue weighted by Gasteiger charge is 2.31. The lowest BCUT2D eigenvalue weighted by Crippen LogP contribution is -2.36. The normalized spacial score (nSPS) is 20.6. The van der Waals surface area contributed by atoms with E-state index in [1.54, 1.807) is 0 Å². The van der Waals surface area contributed by atoms with Crippen LogP contribution < -0.4 is 16.0 Å². The second-order valence-electron chi connectivity index (χ2n) is 6.65. The Morgan fingerprint density at radius 2 is 2.05 bits per heavy atom. The zero-order chi connectivity index (χ0) is 14.6. The summed E-state index contributed by atoms with van der Waals surface area (Å²) in [5, 5.41) is 0. The molecule has 0 heterocycles. The zero-order valence-electron chi connectivity index (χ0n) is 13.0. The van der Waals surface area contributed by atoms with Crippen molar-refractivity contribution < 1.29 is 4.74 Å². The van der Waals surface area contributed by atoms with E-state index in [0.717, 1.165) is 5.75 Å². The molecule has 0 amide bonds. The van der Waals surface area contributed by atoms with Crippen LogP contribution in [0.25, 0.3) is 0 Å². The maximum absolute atomic E-state index is 5.84. The molecular formula is C17H28N2O. The lowest BCUT2D eigenvalue weighted by Gasteiger charge is -2.38. The standard InChI is InChI=1S/C17H28N2O/c1-4-20-15-7-5-6-14(12-15)16(19-18)13-8-10-17(2,3)11-9-13/h5-7,12-13,16,19H,4,8-11,18H2,1-3H3. The Kier molecular flexibility index (Phi) is 5.06. The van der Waals surface area contributed by atoms with Crippen molar-refractivity contribution in [2.75, 3.05) is 6.61 Å². The fraction of sp³-hybridized carbons (Fsp3) is 0.647. The third-order valence-electron chi connectivity index (χ3n) is 4.56. The van der Waals surface area contributed by atoms with E-state index in [1.165, 1.54) is 31.2 Å². The molecule has 20 heavy (non-hydrogen) atoms. The quantitative estimate of drug-likeness (QED) is 0.635. The van der Waals surface area contributed by atoms with Crippen molar-refractivity contribution in [2.24, 2.45) is 17.2 Å². The first-order chi connectivity index (χ1) is 9.55. The molecule has 0 bridgehead atoms. The number of ether oxygens (including phenoxy) is 1. The zero-order valence-corrected chi connectivity index (χ0v) is 13.0. The van der Waals surface area contributed by atoms with Crippen LogP contribution in [0.4, 0.5) is 0 Å². The number of hydrogen-bond donors (Lipinski definition) is 2. The molecule has 1 atom stereocenters. The van der Waals surface area contributed by atoms with Crippen molar-refractivity contribution >= 4 is 0 Å². The van der Waals surface area contributed by atoms with Crippen molar-refractivity contribution in [1.82, 2.24) is 5.43 Å². The number of nitrogens with one attached hydrogen (secondary N) is 1. The van der Waals surface area contributed by atoms with Crippen LogP contribution in [0, 0.1) is 11.3 Å². The first-order valence-corrected chi connectivity index (χ1v) is 7.74. The first kappa shape index (κ1) is 15.3. The summed E-state index contributed by atoms with van der Waals surface area (Å²) in [6.45, 7) is 7.43. The Hall–Kier alpha value is -1.06. The lowest BCUT2D eigenvalue weighted by molar-refractivity contribution is 0.161. The second-order valence-corrected chi connectivity index (χ2v) is 6.65. The Morgan fingerprint density at radius 1 is 1.35 bits per heavy atom. The number of nitrogens with two attached hydrogens (primary N) is 1. The highest BCUT2D eigenvalue weighted by Crippen LogP contribution is 2.42. The summed E-state index contributed by atoms with van der Waals surface area (Å²) in [7, 11) is 0. The van der Waals surface area contributed by atoms with Crippen molar-refractivity contribution in [3.8, 4) is 5.75 Å². The number of rotatable bonds is 5. The van der Waals surface area contributed by atoms with E-state index >= 15 is 0 Å². The van der Waals surface area contributed by atoms with Gasteiger partial charge in [-0.05, 0) is 61.6 Å². The second kappa shape index (κ2) is 6.59. The summed E-state index contributed by atoms with van der Waals surface area (Å²) in [5.74, 6) is 7.38. The van der Waals surface area contributed by atoms with Crippen LogP contribution in [-0.4, -0.2) is 6.61 Å². The van der Waals surface area contributed by atoms with Crippen molar-refractivity contribution in [3.63, 3.8) is 0 Å². The van der Waals surface area contributed by atoms with Gasteiger partial charge in [-0.15, -0.1) is 0 Å². The van der Waals surface area contributed by atoms with E-state index in [2.05, 4.69) is 37.5 Å². The minimum absolute atomic E-state index is 0.228. The van der Waals surface area contributed by atoms with Gasteiger partial charge >= 0.3 is 0 Å². The molecule has 0 spiro atoms. The summed E-state index contributed by atoms with van der Waals surface area (Å²) in [5.41, 5.74) is 4.76. The van der Waals surface area contributed by atoms with Gasteiger partial charge in [-0.25, -0.2) is 0 Å². The molecule has 1 aromatic carbocycles. The average Bonchev–Trinajstić information content (AvgIpc) is 2.42. The lowest BCUT2D eigenvalue weighted by atomic mass is 9.70. The van der Waals surface area contributed by atoms with E-state index in [1.807, 2.05) is 13.0 Å². The average molecular weight is 276 g/mol. The van der Waals surface area contributed by atoms with Crippen LogP contribution in [0.1, 0.15) is 58.1 Å². The molecule has 0 aromatic heterocycles. The molecule has 3 heteroatoms. The third kappa shape index (κ3) is 3.74. The minimum Gasteiger partial charge on any atom is -0.494 e. The fourth-order valence-electron chi connectivity index (χ4n) is 3.22. The van der Waals surface area contributed by atoms with E-state index in [-0.39, 0.29) is 6.04 Å².